The molecule has 0 radical (unpaired) electrons. The van der Waals surface area contributed by atoms with Gasteiger partial charge in [-0.1, -0.05) is 49.1 Å². The van der Waals surface area contributed by atoms with Gasteiger partial charge in [0.15, 0.2) is 22.1 Å². The molecule has 2 N–H and O–H groups in total. The average Bonchev–Trinajstić information content (AvgIpc) is 3.44. The largest absolute Gasteiger partial charge is 0.454 e. The molecule has 1 aliphatic heterocycles. The number of nitrogens with one attached hydrogen (secondary N) is 2. The molecule has 5 rings (SSSR count). The number of aryl methyl sites for hydroxylation is 1. The van der Waals surface area contributed by atoms with Crippen molar-refractivity contribution in [2.24, 2.45) is 0 Å². The van der Waals surface area contributed by atoms with E-state index in [-0.39, 0.29) is 24.7 Å². The fourth-order valence-corrected chi connectivity index (χ4v) is 5.16. The Morgan fingerprint density at radius 1 is 1.15 bits per heavy atom. The highest BCUT2D eigenvalue weighted by atomic mass is 32.1. The van der Waals surface area contributed by atoms with Crippen LogP contribution in [0.1, 0.15) is 43.2 Å². The Kier molecular flexibility index (Phi) is 5.93. The predicted molar refractivity (Wildman–Crippen MR) is 128 cm³/mol. The van der Waals surface area contributed by atoms with Gasteiger partial charge in [-0.3, -0.25) is 14.5 Å². The molecule has 1 amide bonds. The molecule has 1 aromatic heterocycles. The first-order chi connectivity index (χ1) is 16.0. The van der Waals surface area contributed by atoms with E-state index in [1.54, 1.807) is 4.57 Å². The van der Waals surface area contributed by atoms with Gasteiger partial charge in [-0.2, -0.15) is 5.10 Å². The van der Waals surface area contributed by atoms with E-state index in [9.17, 15) is 4.79 Å². The number of ether oxygens (including phenoxy) is 2. The lowest BCUT2D eigenvalue weighted by atomic mass is 9.69. The maximum absolute atomic E-state index is 13.1. The van der Waals surface area contributed by atoms with Crippen LogP contribution in [-0.2, 0) is 16.8 Å². The zero-order chi connectivity index (χ0) is 22.8. The third-order valence-corrected chi connectivity index (χ3v) is 7.07. The summed E-state index contributed by atoms with van der Waals surface area (Å²) in [4.78, 5) is 13.1. The lowest BCUT2D eigenvalue weighted by Gasteiger charge is -2.38. The van der Waals surface area contributed by atoms with Crippen molar-refractivity contribution in [2.45, 2.75) is 51.0 Å². The summed E-state index contributed by atoms with van der Waals surface area (Å²) < 4.78 is 13.3. The number of hydrogen-bond acceptors (Lipinski definition) is 5. The summed E-state index contributed by atoms with van der Waals surface area (Å²) in [5.41, 5.74) is 3.15. The van der Waals surface area contributed by atoms with E-state index in [2.05, 4.69) is 27.6 Å². The third-order valence-electron chi connectivity index (χ3n) is 6.76. The molecule has 172 valence electrons. The van der Waals surface area contributed by atoms with Crippen molar-refractivity contribution in [1.82, 2.24) is 20.1 Å². The van der Waals surface area contributed by atoms with Crippen LogP contribution < -0.4 is 14.8 Å². The van der Waals surface area contributed by atoms with Gasteiger partial charge in [0.2, 0.25) is 12.7 Å². The Labute approximate surface area is 198 Å². The van der Waals surface area contributed by atoms with E-state index in [1.165, 1.54) is 12.0 Å². The molecule has 2 aliphatic rings. The predicted octanol–water partition coefficient (Wildman–Crippen LogP) is 4.66. The molecule has 0 spiro atoms. The molecule has 1 saturated carbocycles. The number of rotatable bonds is 6. The molecule has 8 heteroatoms. The maximum Gasteiger partial charge on any atom is 0.240 e. The minimum Gasteiger partial charge on any atom is -0.454 e. The van der Waals surface area contributed by atoms with Gasteiger partial charge in [-0.05, 0) is 55.7 Å². The molecule has 1 fully saturated rings. The number of nitrogens with zero attached hydrogens (tertiary/aromatic N) is 2. The van der Waals surface area contributed by atoms with Gasteiger partial charge in [0, 0.05) is 17.5 Å². The van der Waals surface area contributed by atoms with Crippen molar-refractivity contribution in [2.75, 3.05) is 13.3 Å². The first kappa shape index (κ1) is 21.7. The van der Waals surface area contributed by atoms with Gasteiger partial charge in [0.05, 0.1) is 0 Å². The molecular formula is C25H28N4O3S. The Morgan fingerprint density at radius 3 is 2.79 bits per heavy atom. The average molecular weight is 465 g/mol. The van der Waals surface area contributed by atoms with Crippen LogP contribution >= 0.6 is 12.2 Å². The van der Waals surface area contributed by atoms with Gasteiger partial charge < -0.3 is 14.8 Å². The minimum atomic E-state index is -0.105. The van der Waals surface area contributed by atoms with Crippen molar-refractivity contribution in [1.29, 1.82) is 0 Å². The minimum absolute atomic E-state index is 0.0768. The highest BCUT2D eigenvalue weighted by Gasteiger charge is 2.35. The molecule has 0 unspecified atom stereocenters. The molecule has 3 aromatic rings. The van der Waals surface area contributed by atoms with Gasteiger partial charge in [0.1, 0.15) is 6.54 Å². The van der Waals surface area contributed by atoms with E-state index in [1.807, 2.05) is 37.3 Å². The summed E-state index contributed by atoms with van der Waals surface area (Å²) in [6, 6.07) is 14.2. The highest BCUT2D eigenvalue weighted by Crippen LogP contribution is 2.43. The highest BCUT2D eigenvalue weighted by molar-refractivity contribution is 7.71. The molecule has 33 heavy (non-hydrogen) atoms. The van der Waals surface area contributed by atoms with Crippen LogP contribution in [0.2, 0.25) is 0 Å². The fraction of sp³-hybridized carbons (Fsp3) is 0.400. The number of aromatic nitrogens is 3. The Balaban J connectivity index is 1.34. The maximum atomic E-state index is 13.1. The van der Waals surface area contributed by atoms with E-state index in [0.717, 1.165) is 48.3 Å². The van der Waals surface area contributed by atoms with E-state index in [4.69, 9.17) is 21.7 Å². The number of carbonyl (C=O) groups excluding carboxylic acids is 1. The fourth-order valence-electron chi connectivity index (χ4n) is 4.96. The zero-order valence-corrected chi connectivity index (χ0v) is 19.5. The number of H-pyrrole nitrogens is 1. The summed E-state index contributed by atoms with van der Waals surface area (Å²) in [6.07, 6.45) is 5.59. The quantitative estimate of drug-likeness (QED) is 0.519. The van der Waals surface area contributed by atoms with E-state index >= 15 is 0 Å². The molecule has 0 bridgehead atoms. The van der Waals surface area contributed by atoms with Crippen LogP contribution in [-0.4, -0.2) is 34.0 Å². The van der Waals surface area contributed by atoms with Crippen LogP contribution in [0.25, 0.3) is 11.4 Å². The molecule has 7 nitrogen and oxygen atoms in total. The molecular weight excluding hydrogens is 436 g/mol. The van der Waals surface area contributed by atoms with Gasteiger partial charge in [0.25, 0.3) is 0 Å². The summed E-state index contributed by atoms with van der Waals surface area (Å²) in [5.74, 6) is 2.16. The van der Waals surface area contributed by atoms with Crippen molar-refractivity contribution >= 4 is 18.1 Å². The molecule has 0 saturated heterocycles. The second-order valence-corrected chi connectivity index (χ2v) is 9.38. The second-order valence-electron chi connectivity index (χ2n) is 8.99. The molecule has 2 heterocycles. The smallest absolute Gasteiger partial charge is 0.240 e. The number of carbonyl (C=O) groups is 1. The number of hydrogen-bond donors (Lipinski definition) is 2. The van der Waals surface area contributed by atoms with Crippen molar-refractivity contribution < 1.29 is 14.3 Å². The van der Waals surface area contributed by atoms with Gasteiger partial charge in [-0.25, -0.2) is 0 Å². The first-order valence-corrected chi connectivity index (χ1v) is 11.8. The van der Waals surface area contributed by atoms with E-state index in [0.29, 0.717) is 17.1 Å². The number of benzene rings is 2. The molecule has 1 aliphatic carbocycles. The summed E-state index contributed by atoms with van der Waals surface area (Å²) in [5, 5.41) is 10.4. The second kappa shape index (κ2) is 9.02. The summed E-state index contributed by atoms with van der Waals surface area (Å²) in [6.45, 7) is 2.99. The third kappa shape index (κ3) is 4.39. The summed E-state index contributed by atoms with van der Waals surface area (Å²) >= 11 is 5.42. The van der Waals surface area contributed by atoms with Crippen LogP contribution in [0.5, 0.6) is 11.5 Å². The first-order valence-electron chi connectivity index (χ1n) is 11.4. The lowest BCUT2D eigenvalue weighted by Crippen LogP contribution is -2.43. The number of aromatic amines is 1. The van der Waals surface area contributed by atoms with Crippen LogP contribution in [0.15, 0.2) is 42.5 Å². The standard InChI is InChI=1S/C25H28N4O3S/c1-17-6-5-7-18(12-17)23-27-28-24(33)29(23)14-22(30)26-15-25(10-3-2-4-11-25)19-8-9-20-21(13-19)32-16-31-20/h5-9,12-13H,2-4,10-11,14-16H2,1H3,(H,26,30)(H,28,33). The van der Waals surface area contributed by atoms with Crippen molar-refractivity contribution in [3.63, 3.8) is 0 Å². The van der Waals surface area contributed by atoms with Crippen LogP contribution in [0.3, 0.4) is 0 Å². The normalized spacial score (nSPS) is 16.5. The molecule has 0 atom stereocenters. The van der Waals surface area contributed by atoms with Gasteiger partial charge >= 0.3 is 0 Å². The summed E-state index contributed by atoms with van der Waals surface area (Å²) in [7, 11) is 0. The van der Waals surface area contributed by atoms with Crippen LogP contribution in [0.4, 0.5) is 0 Å². The Morgan fingerprint density at radius 2 is 1.97 bits per heavy atom. The number of fused-ring (bicyclic) bond motifs is 1. The van der Waals surface area contributed by atoms with Crippen LogP contribution in [0, 0.1) is 11.7 Å². The number of amides is 1. The van der Waals surface area contributed by atoms with Crippen molar-refractivity contribution in [3.8, 4) is 22.9 Å². The lowest BCUT2D eigenvalue weighted by molar-refractivity contribution is -0.122. The Bertz CT molecular complexity index is 1230. The Hall–Kier alpha value is -3.13. The SMILES string of the molecule is Cc1cccc(-c2n[nH]c(=S)n2CC(=O)NCC2(c3ccc4c(c3)OCO4)CCCCC2)c1. The molecule has 2 aromatic carbocycles. The topological polar surface area (TPSA) is 81.2 Å². The zero-order valence-electron chi connectivity index (χ0n) is 18.7. The van der Waals surface area contributed by atoms with Crippen molar-refractivity contribution in [3.05, 3.63) is 58.4 Å². The van der Waals surface area contributed by atoms with E-state index < -0.39 is 0 Å². The van der Waals surface area contributed by atoms with Gasteiger partial charge in [-0.15, -0.1) is 0 Å². The monoisotopic (exact) mass is 464 g/mol.